The van der Waals surface area contributed by atoms with E-state index < -0.39 is 34.6 Å². The van der Waals surface area contributed by atoms with Crippen molar-refractivity contribution >= 4 is 50.3 Å². The van der Waals surface area contributed by atoms with Crippen molar-refractivity contribution in [3.63, 3.8) is 0 Å². The number of aryl methyl sites for hydroxylation is 1. The first kappa shape index (κ1) is 34.3. The third-order valence-corrected chi connectivity index (χ3v) is 10.8. The molecule has 5 aromatic rings. The van der Waals surface area contributed by atoms with Gasteiger partial charge in [-0.05, 0) is 98.3 Å². The largest absolute Gasteiger partial charge is 0.497 e. The van der Waals surface area contributed by atoms with Gasteiger partial charge in [-0.2, -0.15) is 0 Å². The number of sulfonamides is 1. The van der Waals surface area contributed by atoms with Crippen LogP contribution in [0.1, 0.15) is 47.2 Å². The summed E-state index contributed by atoms with van der Waals surface area (Å²) < 4.78 is 41.9. The number of nitrogens with one attached hydrogen (secondary N) is 1. The van der Waals surface area contributed by atoms with E-state index >= 15 is 0 Å². The number of hydrogen-bond acceptors (Lipinski definition) is 7. The Labute approximate surface area is 291 Å². The average molecular weight is 695 g/mol. The lowest BCUT2D eigenvalue weighted by atomic mass is 10.1. The number of aromatic nitrogens is 1. The van der Waals surface area contributed by atoms with E-state index in [1.807, 2.05) is 18.2 Å². The highest BCUT2D eigenvalue weighted by Crippen LogP contribution is 2.31. The molecule has 1 N–H and O–H groups in total. The monoisotopic (exact) mass is 694 g/mol. The van der Waals surface area contributed by atoms with E-state index in [1.54, 1.807) is 74.6 Å². The second kappa shape index (κ2) is 14.5. The van der Waals surface area contributed by atoms with Gasteiger partial charge in [0, 0.05) is 35.6 Å². The fraction of sp³-hybridized carbons (Fsp3) is 0.237. The molecule has 11 nitrogen and oxygen atoms in total. The minimum absolute atomic E-state index is 0.0307. The van der Waals surface area contributed by atoms with Gasteiger partial charge in [0.2, 0.25) is 0 Å². The van der Waals surface area contributed by atoms with Gasteiger partial charge in [0.1, 0.15) is 11.9 Å². The number of hydrogen-bond donors (Lipinski definition) is 1. The van der Waals surface area contributed by atoms with Gasteiger partial charge in [0.05, 0.1) is 24.1 Å². The number of fused-ring (bicyclic) bond motifs is 1. The normalized spacial score (nSPS) is 13.2. The molecule has 4 aromatic carbocycles. The lowest BCUT2D eigenvalue weighted by Gasteiger charge is -2.24. The number of nitrogens with zero attached hydrogens (tertiary/aromatic N) is 3. The number of amides is 3. The van der Waals surface area contributed by atoms with Crippen molar-refractivity contribution in [2.75, 3.05) is 24.4 Å². The molecule has 3 amide bonds. The molecule has 0 unspecified atom stereocenters. The molecular weight excluding hydrogens is 657 g/mol. The summed E-state index contributed by atoms with van der Waals surface area (Å²) in [7, 11) is -1.33. The molecule has 258 valence electrons. The molecule has 1 fully saturated rings. The van der Waals surface area contributed by atoms with Crippen LogP contribution in [0.4, 0.5) is 21.0 Å². The summed E-state index contributed by atoms with van der Waals surface area (Å²) in [6.07, 6.45) is 4.40. The lowest BCUT2D eigenvalue weighted by molar-refractivity contribution is 0.0854. The molecule has 0 bridgehead atoms. The third-order valence-electron chi connectivity index (χ3n) is 8.86. The van der Waals surface area contributed by atoms with Gasteiger partial charge in [0.25, 0.3) is 15.9 Å². The smallest absolute Gasteiger partial charge is 0.411 e. The molecule has 0 spiro atoms. The van der Waals surface area contributed by atoms with E-state index in [4.69, 9.17) is 9.47 Å². The number of benzene rings is 4. The van der Waals surface area contributed by atoms with Crippen LogP contribution in [-0.2, 0) is 21.3 Å². The Hall–Kier alpha value is -5.62. The predicted octanol–water partition coefficient (Wildman–Crippen LogP) is 7.59. The van der Waals surface area contributed by atoms with Crippen LogP contribution in [0.3, 0.4) is 0 Å². The number of carbonyl (C=O) groups excluding carboxylic acids is 3. The number of methoxy groups -OCH3 is 1. The summed E-state index contributed by atoms with van der Waals surface area (Å²) in [6.45, 7) is 1.24. The van der Waals surface area contributed by atoms with Crippen LogP contribution >= 0.6 is 0 Å². The van der Waals surface area contributed by atoms with Crippen LogP contribution in [0.25, 0.3) is 10.9 Å². The molecule has 1 aliphatic carbocycles. The number of rotatable bonds is 9. The third kappa shape index (κ3) is 7.06. The summed E-state index contributed by atoms with van der Waals surface area (Å²) in [5.41, 5.74) is 2.40. The van der Waals surface area contributed by atoms with E-state index in [2.05, 4.69) is 5.32 Å². The van der Waals surface area contributed by atoms with E-state index in [9.17, 15) is 22.8 Å². The van der Waals surface area contributed by atoms with Crippen LogP contribution in [-0.4, -0.2) is 55.6 Å². The molecule has 1 saturated carbocycles. The molecule has 0 saturated heterocycles. The Morgan fingerprint density at radius 1 is 0.900 bits per heavy atom. The second-order valence-corrected chi connectivity index (χ2v) is 14.0. The SMILES string of the molecule is COc1cccc(C(=O)N(Cc2cn(C(=O)N(C)c3ccccc3)c3ccc(NC(=O)OC4CCCC4)cc23)S(=O)(=O)c2ccccc2C)c1. The molecule has 12 heteroatoms. The maximum atomic E-state index is 14.4. The van der Waals surface area contributed by atoms with E-state index in [-0.39, 0.29) is 16.6 Å². The van der Waals surface area contributed by atoms with E-state index in [1.165, 1.54) is 41.0 Å². The van der Waals surface area contributed by atoms with Gasteiger partial charge in [-0.1, -0.05) is 42.5 Å². The van der Waals surface area contributed by atoms with Crippen molar-refractivity contribution in [1.82, 2.24) is 8.87 Å². The van der Waals surface area contributed by atoms with Gasteiger partial charge in [-0.15, -0.1) is 0 Å². The van der Waals surface area contributed by atoms with Gasteiger partial charge < -0.3 is 9.47 Å². The van der Waals surface area contributed by atoms with Crippen molar-refractivity contribution in [3.05, 3.63) is 120 Å². The lowest BCUT2D eigenvalue weighted by Crippen LogP contribution is -2.37. The molecular formula is C38H38N4O7S. The van der Waals surface area contributed by atoms with Gasteiger partial charge in [0.15, 0.2) is 0 Å². The predicted molar refractivity (Wildman–Crippen MR) is 191 cm³/mol. The minimum Gasteiger partial charge on any atom is -0.497 e. The Bertz CT molecular complexity index is 2160. The van der Waals surface area contributed by atoms with E-state index in [0.29, 0.717) is 39.2 Å². The molecule has 1 aromatic heterocycles. The summed E-state index contributed by atoms with van der Waals surface area (Å²) in [5, 5.41) is 3.24. The fourth-order valence-corrected chi connectivity index (χ4v) is 7.77. The van der Waals surface area contributed by atoms with Gasteiger partial charge >= 0.3 is 12.1 Å². The fourth-order valence-electron chi connectivity index (χ4n) is 6.17. The zero-order valence-electron chi connectivity index (χ0n) is 28.0. The van der Waals surface area contributed by atoms with Crippen molar-refractivity contribution < 1.29 is 32.3 Å². The Kier molecular flexibility index (Phi) is 9.91. The average Bonchev–Trinajstić information content (AvgIpc) is 3.77. The zero-order valence-corrected chi connectivity index (χ0v) is 28.9. The first-order valence-electron chi connectivity index (χ1n) is 16.3. The topological polar surface area (TPSA) is 127 Å². The first-order chi connectivity index (χ1) is 24.1. The quantitative estimate of drug-likeness (QED) is 0.169. The maximum Gasteiger partial charge on any atom is 0.411 e. The Balaban J connectivity index is 1.46. The second-order valence-electron chi connectivity index (χ2n) is 12.2. The molecule has 0 radical (unpaired) electrons. The number of carbonyl (C=O) groups is 3. The Morgan fingerprint density at radius 3 is 2.34 bits per heavy atom. The van der Waals surface area contributed by atoms with Crippen molar-refractivity contribution in [2.45, 2.75) is 50.2 Å². The van der Waals surface area contributed by atoms with Crippen LogP contribution in [0, 0.1) is 6.92 Å². The molecule has 0 aliphatic heterocycles. The van der Waals surface area contributed by atoms with Crippen LogP contribution in [0.2, 0.25) is 0 Å². The summed E-state index contributed by atoms with van der Waals surface area (Å²) in [6, 6.07) is 26.3. The maximum absolute atomic E-state index is 14.4. The summed E-state index contributed by atoms with van der Waals surface area (Å²) >= 11 is 0. The standard InChI is InChI=1S/C38H38N4O7S/c1-26-12-7-10-19-35(26)50(46,47)42(36(43)27-13-11-18-32(22-27)48-3)25-28-24-41(38(45)40(2)30-14-5-4-6-15-30)34-21-20-29(23-33(28)34)39-37(44)49-31-16-8-9-17-31/h4-7,10-15,18-24,31H,8-9,16-17,25H2,1-3H3,(H,39,44). The Morgan fingerprint density at radius 2 is 1.62 bits per heavy atom. The van der Waals surface area contributed by atoms with Crippen molar-refractivity contribution in [2.24, 2.45) is 0 Å². The van der Waals surface area contributed by atoms with Crippen LogP contribution in [0.5, 0.6) is 5.75 Å². The molecule has 1 heterocycles. The number of para-hydroxylation sites is 1. The highest BCUT2D eigenvalue weighted by molar-refractivity contribution is 7.89. The molecule has 1 aliphatic rings. The van der Waals surface area contributed by atoms with E-state index in [0.717, 1.165) is 30.0 Å². The molecule has 0 atom stereocenters. The number of ether oxygens (including phenoxy) is 2. The van der Waals surface area contributed by atoms with Gasteiger partial charge in [-0.25, -0.2) is 22.3 Å². The van der Waals surface area contributed by atoms with Crippen molar-refractivity contribution in [3.8, 4) is 5.75 Å². The zero-order chi connectivity index (χ0) is 35.4. The summed E-state index contributed by atoms with van der Waals surface area (Å²) in [5.74, 6) is -0.398. The highest BCUT2D eigenvalue weighted by Gasteiger charge is 2.33. The molecule has 50 heavy (non-hydrogen) atoms. The van der Waals surface area contributed by atoms with Gasteiger partial charge in [-0.3, -0.25) is 19.6 Å². The number of anilines is 2. The van der Waals surface area contributed by atoms with Crippen LogP contribution in [0.15, 0.2) is 108 Å². The highest BCUT2D eigenvalue weighted by atomic mass is 32.2. The van der Waals surface area contributed by atoms with Crippen LogP contribution < -0.4 is 15.0 Å². The van der Waals surface area contributed by atoms with Crippen molar-refractivity contribution in [1.29, 1.82) is 0 Å². The minimum atomic E-state index is -4.43. The first-order valence-corrected chi connectivity index (χ1v) is 17.7. The molecule has 6 rings (SSSR count). The summed E-state index contributed by atoms with van der Waals surface area (Å²) in [4.78, 5) is 42.5.